The van der Waals surface area contributed by atoms with E-state index in [1.807, 2.05) is 13.8 Å². The van der Waals surface area contributed by atoms with E-state index in [0.29, 0.717) is 23.8 Å². The van der Waals surface area contributed by atoms with Gasteiger partial charge in [-0.2, -0.15) is 4.98 Å². The molecule has 1 aliphatic heterocycles. The molecule has 1 amide bonds. The lowest BCUT2D eigenvalue weighted by Crippen LogP contribution is -2.33. The van der Waals surface area contributed by atoms with Crippen molar-refractivity contribution in [2.75, 3.05) is 6.54 Å². The number of pyridine rings is 1. The molecule has 128 valence electrons. The highest BCUT2D eigenvalue weighted by atomic mass is 16.5. The van der Waals surface area contributed by atoms with Crippen LogP contribution in [0.1, 0.15) is 60.0 Å². The standard InChI is InChI=1S/C16H20N4O4/c1-8(2)12-4-10(5-14(22)18-12)16(23)20-7-11(21)6-13(20)15-17-9(3)19-24-15/h4-5,8,11,13,21H,6-7H2,1-3H3,(H,18,22)/t11-,13-/m1/s1. The van der Waals surface area contributed by atoms with Crippen molar-refractivity contribution in [2.45, 2.75) is 45.3 Å². The van der Waals surface area contributed by atoms with Gasteiger partial charge in [-0.3, -0.25) is 9.59 Å². The maximum atomic E-state index is 12.9. The Morgan fingerprint density at radius 1 is 1.46 bits per heavy atom. The normalized spacial score (nSPS) is 20.8. The van der Waals surface area contributed by atoms with Gasteiger partial charge in [0.15, 0.2) is 5.82 Å². The number of aromatic nitrogens is 3. The van der Waals surface area contributed by atoms with E-state index in [0.717, 1.165) is 0 Å². The topological polar surface area (TPSA) is 112 Å². The van der Waals surface area contributed by atoms with Crippen molar-refractivity contribution in [3.05, 3.63) is 45.5 Å². The molecule has 0 aliphatic carbocycles. The van der Waals surface area contributed by atoms with E-state index in [4.69, 9.17) is 4.52 Å². The van der Waals surface area contributed by atoms with Crippen molar-refractivity contribution < 1.29 is 14.4 Å². The van der Waals surface area contributed by atoms with E-state index >= 15 is 0 Å². The number of likely N-dealkylation sites (tertiary alicyclic amines) is 1. The molecule has 2 atom stereocenters. The molecule has 0 aromatic carbocycles. The largest absolute Gasteiger partial charge is 0.391 e. The number of nitrogens with one attached hydrogen (secondary N) is 1. The highest BCUT2D eigenvalue weighted by Gasteiger charge is 2.39. The number of amides is 1. The Kier molecular flexibility index (Phi) is 4.23. The quantitative estimate of drug-likeness (QED) is 0.871. The van der Waals surface area contributed by atoms with Gasteiger partial charge >= 0.3 is 0 Å². The van der Waals surface area contributed by atoms with Gasteiger partial charge in [0.2, 0.25) is 11.4 Å². The number of nitrogens with zero attached hydrogens (tertiary/aromatic N) is 3. The van der Waals surface area contributed by atoms with Crippen molar-refractivity contribution in [2.24, 2.45) is 0 Å². The molecule has 2 aromatic rings. The van der Waals surface area contributed by atoms with Crippen LogP contribution in [0.5, 0.6) is 0 Å². The van der Waals surface area contributed by atoms with Crippen molar-refractivity contribution in [1.82, 2.24) is 20.0 Å². The molecule has 8 nitrogen and oxygen atoms in total. The Balaban J connectivity index is 1.94. The average molecular weight is 332 g/mol. The number of hydrogen-bond acceptors (Lipinski definition) is 6. The monoisotopic (exact) mass is 332 g/mol. The van der Waals surface area contributed by atoms with E-state index in [-0.39, 0.29) is 29.5 Å². The van der Waals surface area contributed by atoms with Gasteiger partial charge in [0.1, 0.15) is 6.04 Å². The van der Waals surface area contributed by atoms with Gasteiger partial charge in [-0.25, -0.2) is 0 Å². The molecule has 1 fully saturated rings. The number of aliphatic hydroxyl groups is 1. The van der Waals surface area contributed by atoms with E-state index in [2.05, 4.69) is 15.1 Å². The summed E-state index contributed by atoms with van der Waals surface area (Å²) in [6.07, 6.45) is -0.342. The van der Waals surface area contributed by atoms with Gasteiger partial charge in [-0.15, -0.1) is 0 Å². The Labute approximate surface area is 138 Å². The van der Waals surface area contributed by atoms with Gasteiger partial charge in [0, 0.05) is 30.3 Å². The lowest BCUT2D eigenvalue weighted by molar-refractivity contribution is 0.0693. The first-order chi connectivity index (χ1) is 11.3. The number of carbonyl (C=O) groups is 1. The second kappa shape index (κ2) is 6.20. The predicted octanol–water partition coefficient (Wildman–Crippen LogP) is 1.14. The Hall–Kier alpha value is -2.48. The molecular weight excluding hydrogens is 312 g/mol. The van der Waals surface area contributed by atoms with Crippen LogP contribution in [-0.2, 0) is 0 Å². The molecule has 0 bridgehead atoms. The van der Waals surface area contributed by atoms with Crippen LogP contribution in [0, 0.1) is 6.92 Å². The first-order valence-electron chi connectivity index (χ1n) is 7.88. The summed E-state index contributed by atoms with van der Waals surface area (Å²) in [4.78, 5) is 33.1. The Morgan fingerprint density at radius 2 is 2.21 bits per heavy atom. The lowest BCUT2D eigenvalue weighted by atomic mass is 10.1. The summed E-state index contributed by atoms with van der Waals surface area (Å²) in [6.45, 7) is 5.72. The van der Waals surface area contributed by atoms with Crippen molar-refractivity contribution in [1.29, 1.82) is 0 Å². The zero-order valence-electron chi connectivity index (χ0n) is 13.8. The number of β-amino-alcohol motifs (C(OH)–C–C–N with tert-alkyl or cyclic N) is 1. The SMILES string of the molecule is Cc1noc([C@H]2C[C@@H](O)CN2C(=O)c2cc(C(C)C)[nH]c(=O)c2)n1. The van der Waals surface area contributed by atoms with Crippen molar-refractivity contribution in [3.8, 4) is 0 Å². The number of rotatable bonds is 3. The average Bonchev–Trinajstić information content (AvgIpc) is 3.11. The van der Waals surface area contributed by atoms with Gasteiger partial charge in [0.05, 0.1) is 6.10 Å². The van der Waals surface area contributed by atoms with Crippen molar-refractivity contribution >= 4 is 5.91 Å². The summed E-state index contributed by atoms with van der Waals surface area (Å²) in [7, 11) is 0. The number of carbonyl (C=O) groups excluding carboxylic acids is 1. The number of hydrogen-bond donors (Lipinski definition) is 2. The fraction of sp³-hybridized carbons (Fsp3) is 0.500. The summed E-state index contributed by atoms with van der Waals surface area (Å²) in [6, 6.07) is 2.46. The fourth-order valence-electron chi connectivity index (χ4n) is 2.89. The maximum Gasteiger partial charge on any atom is 0.254 e. The highest BCUT2D eigenvalue weighted by Crippen LogP contribution is 2.32. The van der Waals surface area contributed by atoms with Crippen LogP contribution in [-0.4, -0.2) is 43.7 Å². The number of aryl methyl sites for hydroxylation is 1. The third-order valence-electron chi connectivity index (χ3n) is 4.10. The van der Waals surface area contributed by atoms with Gasteiger partial charge in [0.25, 0.3) is 5.91 Å². The summed E-state index contributed by atoms with van der Waals surface area (Å²) in [5, 5.41) is 13.7. The zero-order chi connectivity index (χ0) is 17.4. The molecule has 1 aliphatic rings. The van der Waals surface area contributed by atoms with Crippen molar-refractivity contribution in [3.63, 3.8) is 0 Å². The highest BCUT2D eigenvalue weighted by molar-refractivity contribution is 5.94. The second-order valence-electron chi connectivity index (χ2n) is 6.39. The summed E-state index contributed by atoms with van der Waals surface area (Å²) >= 11 is 0. The zero-order valence-corrected chi connectivity index (χ0v) is 13.8. The minimum absolute atomic E-state index is 0.0870. The summed E-state index contributed by atoms with van der Waals surface area (Å²) in [5.41, 5.74) is 0.656. The van der Waals surface area contributed by atoms with Gasteiger partial charge in [-0.1, -0.05) is 19.0 Å². The molecule has 3 heterocycles. The number of aromatic amines is 1. The molecule has 2 N–H and O–H groups in total. The van der Waals surface area contributed by atoms with Gasteiger partial charge < -0.3 is 19.5 Å². The first-order valence-corrected chi connectivity index (χ1v) is 7.88. The van der Waals surface area contributed by atoms with Crippen LogP contribution >= 0.6 is 0 Å². The molecule has 0 unspecified atom stereocenters. The van der Waals surface area contributed by atoms with Gasteiger partial charge in [-0.05, 0) is 18.9 Å². The van der Waals surface area contributed by atoms with Crippen LogP contribution in [0.4, 0.5) is 0 Å². The molecule has 0 radical (unpaired) electrons. The smallest absolute Gasteiger partial charge is 0.254 e. The van der Waals surface area contributed by atoms with Crippen LogP contribution in [0.3, 0.4) is 0 Å². The van der Waals surface area contributed by atoms with E-state index < -0.39 is 12.1 Å². The Bertz CT molecular complexity index is 810. The second-order valence-corrected chi connectivity index (χ2v) is 6.39. The molecule has 2 aromatic heterocycles. The fourth-order valence-corrected chi connectivity index (χ4v) is 2.89. The van der Waals surface area contributed by atoms with Crippen LogP contribution < -0.4 is 5.56 Å². The number of H-pyrrole nitrogens is 1. The van der Waals surface area contributed by atoms with Crippen LogP contribution in [0.15, 0.2) is 21.5 Å². The summed E-state index contributed by atoms with van der Waals surface area (Å²) in [5.74, 6) is 0.521. The third-order valence-corrected chi connectivity index (χ3v) is 4.10. The third kappa shape index (κ3) is 3.09. The summed E-state index contributed by atoms with van der Waals surface area (Å²) < 4.78 is 5.16. The van der Waals surface area contributed by atoms with E-state index in [1.54, 1.807) is 13.0 Å². The molecular formula is C16H20N4O4. The lowest BCUT2D eigenvalue weighted by Gasteiger charge is -2.22. The molecule has 24 heavy (non-hydrogen) atoms. The molecule has 1 saturated heterocycles. The molecule has 0 spiro atoms. The maximum absolute atomic E-state index is 12.9. The minimum atomic E-state index is -0.669. The predicted molar refractivity (Wildman–Crippen MR) is 84.6 cm³/mol. The number of aliphatic hydroxyl groups excluding tert-OH is 1. The molecule has 8 heteroatoms. The Morgan fingerprint density at radius 3 is 2.83 bits per heavy atom. The van der Waals surface area contributed by atoms with Crippen LogP contribution in [0.2, 0.25) is 0 Å². The molecule has 0 saturated carbocycles. The minimum Gasteiger partial charge on any atom is -0.391 e. The molecule has 3 rings (SSSR count). The first kappa shape index (κ1) is 16.4. The van der Waals surface area contributed by atoms with E-state index in [9.17, 15) is 14.7 Å². The van der Waals surface area contributed by atoms with Crippen LogP contribution in [0.25, 0.3) is 0 Å². The van der Waals surface area contributed by atoms with E-state index in [1.165, 1.54) is 11.0 Å².